The van der Waals surface area contributed by atoms with Gasteiger partial charge in [-0.3, -0.25) is 4.79 Å². The van der Waals surface area contributed by atoms with Gasteiger partial charge in [0.25, 0.3) is 5.91 Å². The number of anilines is 1. The number of ether oxygens (including phenoxy) is 1. The van der Waals surface area contributed by atoms with E-state index in [1.54, 1.807) is 48.2 Å². The third kappa shape index (κ3) is 6.05. The molecule has 1 amide bonds. The van der Waals surface area contributed by atoms with Gasteiger partial charge in [-0.1, -0.05) is 6.07 Å². The lowest BCUT2D eigenvalue weighted by atomic mass is 10.2. The number of amides is 1. The highest BCUT2D eigenvalue weighted by atomic mass is 32.2. The molecular weight excluding hydrogens is 374 g/mol. The lowest BCUT2D eigenvalue weighted by Crippen LogP contribution is -2.28. The van der Waals surface area contributed by atoms with E-state index in [2.05, 4.69) is 5.32 Å². The van der Waals surface area contributed by atoms with Crippen LogP contribution in [-0.2, 0) is 14.6 Å². The highest BCUT2D eigenvalue weighted by Crippen LogP contribution is 2.25. The molecular formula is C18H21NO5S2. The Morgan fingerprint density at radius 2 is 1.88 bits per heavy atom. The van der Waals surface area contributed by atoms with Gasteiger partial charge in [-0.05, 0) is 60.9 Å². The summed E-state index contributed by atoms with van der Waals surface area (Å²) in [6.07, 6.45) is 2.40. The second-order valence-corrected chi connectivity index (χ2v) is 8.66. The Kier molecular flexibility index (Phi) is 7.07. The Morgan fingerprint density at radius 1 is 1.19 bits per heavy atom. The Hall–Kier alpha value is -2.03. The van der Waals surface area contributed by atoms with Crippen LogP contribution in [0, 0.1) is 0 Å². The van der Waals surface area contributed by atoms with Gasteiger partial charge in [0.2, 0.25) is 0 Å². The summed E-state index contributed by atoms with van der Waals surface area (Å²) in [6.45, 7) is 0. The summed E-state index contributed by atoms with van der Waals surface area (Å²) in [7, 11) is -3.31. The summed E-state index contributed by atoms with van der Waals surface area (Å²) < 4.78 is 28.8. The SMILES string of the molecule is CSCCC(O)C(=O)Nc1ccc(Oc2cccc(S(C)(=O)=O)c2)cc1. The maximum Gasteiger partial charge on any atom is 0.253 e. The number of carbonyl (C=O) groups excluding carboxylic acids is 1. The minimum Gasteiger partial charge on any atom is -0.457 e. The molecule has 2 aromatic rings. The molecule has 0 heterocycles. The third-order valence-electron chi connectivity index (χ3n) is 3.49. The van der Waals surface area contributed by atoms with Crippen LogP contribution >= 0.6 is 11.8 Å². The van der Waals surface area contributed by atoms with Crippen LogP contribution in [0.3, 0.4) is 0 Å². The molecule has 0 aromatic heterocycles. The highest BCUT2D eigenvalue weighted by Gasteiger charge is 2.14. The molecule has 0 aliphatic carbocycles. The van der Waals surface area contributed by atoms with Crippen LogP contribution < -0.4 is 10.1 Å². The van der Waals surface area contributed by atoms with Crippen LogP contribution in [0.1, 0.15) is 6.42 Å². The van der Waals surface area contributed by atoms with Crippen molar-refractivity contribution in [2.24, 2.45) is 0 Å². The highest BCUT2D eigenvalue weighted by molar-refractivity contribution is 7.98. The molecule has 1 unspecified atom stereocenters. The normalized spacial score (nSPS) is 12.4. The van der Waals surface area contributed by atoms with Gasteiger partial charge in [0.05, 0.1) is 4.90 Å². The number of aliphatic hydroxyl groups is 1. The molecule has 0 aliphatic rings. The second kappa shape index (κ2) is 9.07. The molecule has 0 saturated heterocycles. The molecule has 8 heteroatoms. The molecule has 2 rings (SSSR count). The van der Waals surface area contributed by atoms with E-state index in [9.17, 15) is 18.3 Å². The Labute approximate surface area is 157 Å². The first-order valence-electron chi connectivity index (χ1n) is 7.85. The van der Waals surface area contributed by atoms with E-state index >= 15 is 0 Å². The van der Waals surface area contributed by atoms with Crippen LogP contribution in [0.2, 0.25) is 0 Å². The summed E-state index contributed by atoms with van der Waals surface area (Å²) in [5.74, 6) is 1.15. The number of carbonyl (C=O) groups is 1. The second-order valence-electron chi connectivity index (χ2n) is 5.66. The van der Waals surface area contributed by atoms with E-state index in [1.807, 2.05) is 6.26 Å². The van der Waals surface area contributed by atoms with Crippen molar-refractivity contribution in [1.29, 1.82) is 0 Å². The number of nitrogens with one attached hydrogen (secondary N) is 1. The number of aliphatic hydroxyl groups excluding tert-OH is 1. The molecule has 0 bridgehead atoms. The number of hydrogen-bond acceptors (Lipinski definition) is 6. The average Bonchev–Trinajstić information content (AvgIpc) is 2.60. The first kappa shape index (κ1) is 20.3. The first-order chi connectivity index (χ1) is 12.3. The van der Waals surface area contributed by atoms with Crippen molar-refractivity contribution in [2.75, 3.05) is 23.6 Å². The van der Waals surface area contributed by atoms with Gasteiger partial charge in [0.1, 0.15) is 17.6 Å². The fourth-order valence-electron chi connectivity index (χ4n) is 2.10. The Morgan fingerprint density at radius 3 is 2.50 bits per heavy atom. The molecule has 0 radical (unpaired) electrons. The van der Waals surface area contributed by atoms with Crippen molar-refractivity contribution in [3.05, 3.63) is 48.5 Å². The average molecular weight is 396 g/mol. The lowest BCUT2D eigenvalue weighted by Gasteiger charge is -2.11. The van der Waals surface area contributed by atoms with E-state index in [0.29, 0.717) is 29.4 Å². The molecule has 6 nitrogen and oxygen atoms in total. The van der Waals surface area contributed by atoms with Crippen molar-refractivity contribution >= 4 is 33.2 Å². The summed E-state index contributed by atoms with van der Waals surface area (Å²) in [4.78, 5) is 12.0. The molecule has 140 valence electrons. The van der Waals surface area contributed by atoms with Crippen LogP contribution in [0.5, 0.6) is 11.5 Å². The topological polar surface area (TPSA) is 92.7 Å². The van der Waals surface area contributed by atoms with Crippen molar-refractivity contribution in [3.63, 3.8) is 0 Å². The smallest absolute Gasteiger partial charge is 0.253 e. The van der Waals surface area contributed by atoms with Gasteiger partial charge >= 0.3 is 0 Å². The van der Waals surface area contributed by atoms with E-state index in [4.69, 9.17) is 4.74 Å². The summed E-state index contributed by atoms with van der Waals surface area (Å²) in [5, 5.41) is 12.4. The standard InChI is InChI=1S/C18H21NO5S2/c1-25-11-10-17(20)18(21)19-13-6-8-14(9-7-13)24-15-4-3-5-16(12-15)26(2,22)23/h3-9,12,17,20H,10-11H2,1-2H3,(H,19,21). The van der Waals surface area contributed by atoms with E-state index in [-0.39, 0.29) is 4.90 Å². The predicted octanol–water partition coefficient (Wildman–Crippen LogP) is 2.93. The molecule has 0 spiro atoms. The predicted molar refractivity (Wildman–Crippen MR) is 104 cm³/mol. The molecule has 0 saturated carbocycles. The van der Waals surface area contributed by atoms with Crippen molar-refractivity contribution in [3.8, 4) is 11.5 Å². The lowest BCUT2D eigenvalue weighted by molar-refractivity contribution is -0.124. The van der Waals surface area contributed by atoms with Crippen molar-refractivity contribution < 1.29 is 23.1 Å². The van der Waals surface area contributed by atoms with Crippen molar-refractivity contribution in [2.45, 2.75) is 17.4 Å². The zero-order valence-corrected chi connectivity index (χ0v) is 16.1. The third-order valence-corrected chi connectivity index (χ3v) is 5.24. The monoisotopic (exact) mass is 395 g/mol. The number of rotatable bonds is 8. The maximum absolute atomic E-state index is 11.9. The Balaban J connectivity index is 2.01. The molecule has 2 N–H and O–H groups in total. The van der Waals surface area contributed by atoms with Gasteiger partial charge in [0, 0.05) is 11.9 Å². The summed E-state index contributed by atoms with van der Waals surface area (Å²) in [6, 6.07) is 12.8. The fourth-order valence-corrected chi connectivity index (χ4v) is 3.21. The van der Waals surface area contributed by atoms with Crippen molar-refractivity contribution in [1.82, 2.24) is 0 Å². The van der Waals surface area contributed by atoms with Crippen LogP contribution in [0.15, 0.2) is 53.4 Å². The fraction of sp³-hybridized carbons (Fsp3) is 0.278. The zero-order chi connectivity index (χ0) is 19.2. The molecule has 0 aliphatic heterocycles. The van der Waals surface area contributed by atoms with Gasteiger partial charge in [0.15, 0.2) is 9.84 Å². The maximum atomic E-state index is 11.9. The van der Waals surface area contributed by atoms with Gasteiger partial charge in [-0.15, -0.1) is 0 Å². The van der Waals surface area contributed by atoms with E-state index in [0.717, 1.165) is 6.26 Å². The Bertz CT molecular complexity index is 850. The quantitative estimate of drug-likeness (QED) is 0.714. The first-order valence-corrected chi connectivity index (χ1v) is 11.1. The molecule has 0 fully saturated rings. The molecule has 26 heavy (non-hydrogen) atoms. The van der Waals surface area contributed by atoms with Gasteiger partial charge < -0.3 is 15.2 Å². The summed E-state index contributed by atoms with van der Waals surface area (Å²) in [5.41, 5.74) is 0.537. The van der Waals surface area contributed by atoms with Crippen LogP contribution in [-0.4, -0.2) is 43.8 Å². The number of hydrogen-bond donors (Lipinski definition) is 2. The number of sulfone groups is 1. The number of benzene rings is 2. The van der Waals surface area contributed by atoms with E-state index in [1.165, 1.54) is 12.1 Å². The largest absolute Gasteiger partial charge is 0.457 e. The molecule has 2 aromatic carbocycles. The minimum atomic E-state index is -3.31. The van der Waals surface area contributed by atoms with Crippen LogP contribution in [0.25, 0.3) is 0 Å². The molecule has 1 atom stereocenters. The zero-order valence-electron chi connectivity index (χ0n) is 14.5. The number of thioether (sulfide) groups is 1. The minimum absolute atomic E-state index is 0.179. The van der Waals surface area contributed by atoms with Crippen LogP contribution in [0.4, 0.5) is 5.69 Å². The van der Waals surface area contributed by atoms with Gasteiger partial charge in [-0.2, -0.15) is 11.8 Å². The summed E-state index contributed by atoms with van der Waals surface area (Å²) >= 11 is 1.56. The van der Waals surface area contributed by atoms with Gasteiger partial charge in [-0.25, -0.2) is 8.42 Å². The van der Waals surface area contributed by atoms with E-state index < -0.39 is 21.8 Å².